The van der Waals surface area contributed by atoms with Crippen molar-refractivity contribution in [1.29, 1.82) is 0 Å². The summed E-state index contributed by atoms with van der Waals surface area (Å²) in [7, 11) is 0. The fourth-order valence-electron chi connectivity index (χ4n) is 2.17. The molecule has 0 aromatic carbocycles. The van der Waals surface area contributed by atoms with Gasteiger partial charge in [-0.3, -0.25) is 9.88 Å². The molecule has 3 nitrogen and oxygen atoms in total. The Balaban J connectivity index is 2.53. The molecule has 1 aromatic rings. The summed E-state index contributed by atoms with van der Waals surface area (Å²) >= 11 is 0. The molecule has 0 aliphatic carbocycles. The smallest absolute Gasteiger partial charge is 0.0271 e. The van der Waals surface area contributed by atoms with E-state index in [-0.39, 0.29) is 0 Å². The van der Waals surface area contributed by atoms with Crippen molar-refractivity contribution in [1.82, 2.24) is 15.2 Å². The Labute approximate surface area is 118 Å². The molecular formula is C16H29N3. The van der Waals surface area contributed by atoms with Crippen LogP contribution in [0.4, 0.5) is 0 Å². The Hall–Kier alpha value is -0.930. The molecule has 0 bridgehead atoms. The van der Waals surface area contributed by atoms with Crippen molar-refractivity contribution in [3.8, 4) is 0 Å². The predicted molar refractivity (Wildman–Crippen MR) is 82.1 cm³/mol. The Bertz CT molecular complexity index is 324. The molecule has 1 rings (SSSR count). The molecule has 0 fully saturated rings. The zero-order chi connectivity index (χ0) is 14.1. The highest BCUT2D eigenvalue weighted by atomic mass is 15.1. The van der Waals surface area contributed by atoms with Gasteiger partial charge in [0, 0.05) is 31.5 Å². The molecule has 1 aromatic heterocycles. The molecule has 0 radical (unpaired) electrons. The van der Waals surface area contributed by atoms with E-state index in [0.29, 0.717) is 12.0 Å². The van der Waals surface area contributed by atoms with E-state index in [9.17, 15) is 0 Å². The third-order valence-electron chi connectivity index (χ3n) is 3.52. The lowest BCUT2D eigenvalue weighted by Crippen LogP contribution is -2.44. The second-order valence-corrected chi connectivity index (χ2v) is 5.49. The molecule has 1 heterocycles. The highest BCUT2D eigenvalue weighted by Gasteiger charge is 2.16. The zero-order valence-electron chi connectivity index (χ0n) is 12.9. The first-order chi connectivity index (χ1) is 9.17. The Morgan fingerprint density at radius 2 is 1.89 bits per heavy atom. The first-order valence-corrected chi connectivity index (χ1v) is 7.52. The van der Waals surface area contributed by atoms with Gasteiger partial charge < -0.3 is 5.32 Å². The van der Waals surface area contributed by atoms with Gasteiger partial charge in [0.1, 0.15) is 0 Å². The van der Waals surface area contributed by atoms with Crippen molar-refractivity contribution < 1.29 is 0 Å². The van der Waals surface area contributed by atoms with Gasteiger partial charge in [0.15, 0.2) is 0 Å². The van der Waals surface area contributed by atoms with Crippen LogP contribution in [0.25, 0.3) is 0 Å². The second kappa shape index (κ2) is 9.05. The topological polar surface area (TPSA) is 28.2 Å². The van der Waals surface area contributed by atoms with E-state index in [1.807, 2.05) is 12.4 Å². The van der Waals surface area contributed by atoms with Gasteiger partial charge in [-0.1, -0.05) is 27.7 Å². The first kappa shape index (κ1) is 16.1. The fourth-order valence-corrected chi connectivity index (χ4v) is 2.17. The molecule has 0 saturated heterocycles. The van der Waals surface area contributed by atoms with Crippen molar-refractivity contribution in [3.63, 3.8) is 0 Å². The summed E-state index contributed by atoms with van der Waals surface area (Å²) in [6.07, 6.45) is 4.94. The van der Waals surface area contributed by atoms with Gasteiger partial charge in [-0.15, -0.1) is 0 Å². The van der Waals surface area contributed by atoms with E-state index < -0.39 is 0 Å². The minimum Gasteiger partial charge on any atom is -0.312 e. The fraction of sp³-hybridized carbons (Fsp3) is 0.688. The summed E-state index contributed by atoms with van der Waals surface area (Å²) < 4.78 is 0. The average molecular weight is 263 g/mol. The van der Waals surface area contributed by atoms with Crippen LogP contribution in [0, 0.1) is 5.92 Å². The van der Waals surface area contributed by atoms with Crippen LogP contribution in [0.3, 0.4) is 0 Å². The van der Waals surface area contributed by atoms with Crippen LogP contribution in [0.5, 0.6) is 0 Å². The van der Waals surface area contributed by atoms with Crippen LogP contribution in [-0.4, -0.2) is 35.6 Å². The molecule has 19 heavy (non-hydrogen) atoms. The summed E-state index contributed by atoms with van der Waals surface area (Å²) in [4.78, 5) is 6.58. The van der Waals surface area contributed by atoms with Crippen LogP contribution in [0.15, 0.2) is 24.5 Å². The molecular weight excluding hydrogens is 234 g/mol. The van der Waals surface area contributed by atoms with Gasteiger partial charge >= 0.3 is 0 Å². The van der Waals surface area contributed by atoms with Crippen molar-refractivity contribution in [2.24, 2.45) is 5.92 Å². The molecule has 0 aliphatic rings. The lowest BCUT2D eigenvalue weighted by molar-refractivity contribution is 0.219. The summed E-state index contributed by atoms with van der Waals surface area (Å²) in [5, 5.41) is 3.67. The minimum absolute atomic E-state index is 0.571. The van der Waals surface area contributed by atoms with Crippen LogP contribution in [-0.2, 0) is 6.54 Å². The highest BCUT2D eigenvalue weighted by Crippen LogP contribution is 2.08. The summed E-state index contributed by atoms with van der Waals surface area (Å²) in [5.41, 5.74) is 1.34. The molecule has 108 valence electrons. The van der Waals surface area contributed by atoms with Crippen LogP contribution < -0.4 is 5.32 Å². The third kappa shape index (κ3) is 6.17. The summed E-state index contributed by atoms with van der Waals surface area (Å²) in [6.45, 7) is 13.4. The van der Waals surface area contributed by atoms with Crippen LogP contribution >= 0.6 is 0 Å². The van der Waals surface area contributed by atoms with E-state index in [0.717, 1.165) is 26.2 Å². The molecule has 0 aliphatic heterocycles. The molecule has 1 N–H and O–H groups in total. The van der Waals surface area contributed by atoms with Crippen LogP contribution in [0.2, 0.25) is 0 Å². The minimum atomic E-state index is 0.571. The molecule has 0 saturated carbocycles. The van der Waals surface area contributed by atoms with E-state index in [1.54, 1.807) is 0 Å². The first-order valence-electron chi connectivity index (χ1n) is 7.52. The van der Waals surface area contributed by atoms with Gasteiger partial charge in [-0.05, 0) is 43.1 Å². The lowest BCUT2D eigenvalue weighted by Gasteiger charge is -2.29. The second-order valence-electron chi connectivity index (χ2n) is 5.49. The predicted octanol–water partition coefficient (Wildman–Crippen LogP) is 2.93. The number of hydrogen-bond donors (Lipinski definition) is 1. The van der Waals surface area contributed by atoms with Gasteiger partial charge in [0.2, 0.25) is 0 Å². The van der Waals surface area contributed by atoms with E-state index >= 15 is 0 Å². The third-order valence-corrected chi connectivity index (χ3v) is 3.52. The largest absolute Gasteiger partial charge is 0.312 e. The van der Waals surface area contributed by atoms with Gasteiger partial charge in [0.05, 0.1) is 0 Å². The average Bonchev–Trinajstić information content (AvgIpc) is 2.42. The molecule has 3 heteroatoms. The maximum Gasteiger partial charge on any atom is 0.0271 e. The summed E-state index contributed by atoms with van der Waals surface area (Å²) in [5.74, 6) is 0.665. The maximum absolute atomic E-state index is 4.08. The van der Waals surface area contributed by atoms with Gasteiger partial charge in [0.25, 0.3) is 0 Å². The van der Waals surface area contributed by atoms with Crippen LogP contribution in [0.1, 0.15) is 39.7 Å². The molecule has 1 unspecified atom stereocenters. The van der Waals surface area contributed by atoms with E-state index in [2.05, 4.69) is 55.0 Å². The Morgan fingerprint density at radius 3 is 2.42 bits per heavy atom. The van der Waals surface area contributed by atoms with Crippen molar-refractivity contribution in [2.45, 2.75) is 46.7 Å². The molecule has 0 amide bonds. The van der Waals surface area contributed by atoms with Gasteiger partial charge in [-0.25, -0.2) is 0 Å². The number of rotatable bonds is 9. The van der Waals surface area contributed by atoms with Gasteiger partial charge in [-0.2, -0.15) is 0 Å². The molecule has 0 spiro atoms. The lowest BCUT2D eigenvalue weighted by atomic mass is 10.0. The standard InChI is InChI=1S/C16H29N3/c1-5-9-18-16(14(3)4)13-19(6-2)12-15-7-10-17-11-8-15/h7-8,10-11,14,16,18H,5-6,9,12-13H2,1-4H3. The number of pyridine rings is 1. The number of likely N-dealkylation sites (N-methyl/N-ethyl adjacent to an activating group) is 1. The quantitative estimate of drug-likeness (QED) is 0.742. The number of hydrogen-bond acceptors (Lipinski definition) is 3. The number of nitrogens with zero attached hydrogens (tertiary/aromatic N) is 2. The maximum atomic E-state index is 4.08. The Morgan fingerprint density at radius 1 is 1.21 bits per heavy atom. The van der Waals surface area contributed by atoms with E-state index in [1.165, 1.54) is 12.0 Å². The monoisotopic (exact) mass is 263 g/mol. The summed E-state index contributed by atoms with van der Waals surface area (Å²) in [6, 6.07) is 4.78. The number of aromatic nitrogens is 1. The normalized spacial score (nSPS) is 13.2. The van der Waals surface area contributed by atoms with E-state index in [4.69, 9.17) is 0 Å². The highest BCUT2D eigenvalue weighted by molar-refractivity contribution is 5.09. The SMILES string of the molecule is CCCNC(CN(CC)Cc1ccncc1)C(C)C. The Kier molecular flexibility index (Phi) is 7.68. The van der Waals surface area contributed by atoms with Crippen molar-refractivity contribution in [3.05, 3.63) is 30.1 Å². The van der Waals surface area contributed by atoms with Crippen molar-refractivity contribution in [2.75, 3.05) is 19.6 Å². The number of nitrogens with one attached hydrogen (secondary N) is 1. The molecule has 1 atom stereocenters. The van der Waals surface area contributed by atoms with Crippen molar-refractivity contribution >= 4 is 0 Å². The zero-order valence-corrected chi connectivity index (χ0v) is 12.9.